The summed E-state index contributed by atoms with van der Waals surface area (Å²) in [4.78, 5) is 0. The van der Waals surface area contributed by atoms with Crippen LogP contribution in [0.25, 0.3) is 0 Å². The van der Waals surface area contributed by atoms with Gasteiger partial charge in [0.05, 0.1) is 0 Å². The standard InChI is InChI=1S/2C8H12.C2H5.Co/c2*1-2-4-6-8-7-5-3-1;1-2;/h2*1-4H,5-8H2;1H2,2H3;/b2*3-1-,4-2-;;. The van der Waals surface area contributed by atoms with Gasteiger partial charge in [-0.05, 0) is 51.4 Å². The predicted molar refractivity (Wildman–Crippen MR) is 84.0 cm³/mol. The average Bonchev–Trinajstić information content (AvgIpc) is 2.28. The molecular weight excluding hydrogens is 275 g/mol. The van der Waals surface area contributed by atoms with Gasteiger partial charge in [0.1, 0.15) is 0 Å². The minimum absolute atomic E-state index is 0.938. The quantitative estimate of drug-likeness (QED) is 0.491. The molecular formula is C18H29Co. The van der Waals surface area contributed by atoms with Crippen molar-refractivity contribution in [3.8, 4) is 0 Å². The first-order valence-corrected chi connectivity index (χ1v) is 8.31. The van der Waals surface area contributed by atoms with Gasteiger partial charge in [-0.3, -0.25) is 0 Å². The Hall–Kier alpha value is -0.534. The van der Waals surface area contributed by atoms with Crippen LogP contribution in [0, 0.1) is 0 Å². The Morgan fingerprint density at radius 1 is 0.632 bits per heavy atom. The van der Waals surface area contributed by atoms with E-state index < -0.39 is 0 Å². The molecule has 0 heterocycles. The molecule has 0 unspecified atom stereocenters. The van der Waals surface area contributed by atoms with Crippen LogP contribution in [0.4, 0.5) is 0 Å². The molecule has 110 valence electrons. The van der Waals surface area contributed by atoms with Crippen molar-refractivity contribution < 1.29 is 15.7 Å². The average molecular weight is 304 g/mol. The Balaban J connectivity index is 0.000000284. The third-order valence-corrected chi connectivity index (χ3v) is 2.75. The van der Waals surface area contributed by atoms with Gasteiger partial charge in [-0.1, -0.05) is 48.6 Å². The number of rotatable bonds is 0. The molecule has 0 radical (unpaired) electrons. The van der Waals surface area contributed by atoms with Crippen molar-refractivity contribution in [2.45, 2.75) is 63.6 Å². The van der Waals surface area contributed by atoms with E-state index in [9.17, 15) is 0 Å². The molecule has 0 fully saturated rings. The maximum atomic E-state index is 3.83. The third-order valence-electron chi connectivity index (χ3n) is 2.75. The van der Waals surface area contributed by atoms with E-state index in [1.165, 1.54) is 51.4 Å². The fraction of sp³-hybridized carbons (Fsp3) is 0.556. The summed E-state index contributed by atoms with van der Waals surface area (Å²) < 4.78 is 0. The molecule has 0 aromatic heterocycles. The van der Waals surface area contributed by atoms with Gasteiger partial charge in [0, 0.05) is 0 Å². The Labute approximate surface area is 128 Å². The van der Waals surface area contributed by atoms with Gasteiger partial charge in [-0.2, -0.15) is 0 Å². The second kappa shape index (κ2) is 17.5. The van der Waals surface area contributed by atoms with Crippen molar-refractivity contribution in [2.75, 3.05) is 0 Å². The van der Waals surface area contributed by atoms with Crippen molar-refractivity contribution in [3.63, 3.8) is 0 Å². The van der Waals surface area contributed by atoms with Crippen LogP contribution < -0.4 is 0 Å². The molecule has 0 aromatic rings. The Morgan fingerprint density at radius 3 is 1.05 bits per heavy atom. The Morgan fingerprint density at radius 2 is 0.842 bits per heavy atom. The van der Waals surface area contributed by atoms with Gasteiger partial charge in [-0.25, -0.2) is 0 Å². The summed E-state index contributed by atoms with van der Waals surface area (Å²) in [5.41, 5.74) is 0. The van der Waals surface area contributed by atoms with Crippen molar-refractivity contribution in [1.29, 1.82) is 0 Å². The molecule has 0 amide bonds. The molecule has 0 bridgehead atoms. The van der Waals surface area contributed by atoms with E-state index in [0.717, 1.165) is 5.36 Å². The summed E-state index contributed by atoms with van der Waals surface area (Å²) in [5.74, 6) is 0. The molecule has 19 heavy (non-hydrogen) atoms. The van der Waals surface area contributed by atoms with Crippen LogP contribution in [-0.2, 0) is 15.7 Å². The monoisotopic (exact) mass is 304 g/mol. The maximum absolute atomic E-state index is 3.83. The molecule has 0 spiro atoms. The molecule has 0 N–H and O–H groups in total. The van der Waals surface area contributed by atoms with Crippen molar-refractivity contribution in [3.05, 3.63) is 48.6 Å². The van der Waals surface area contributed by atoms with Gasteiger partial charge in [0.2, 0.25) is 0 Å². The van der Waals surface area contributed by atoms with Crippen LogP contribution in [0.3, 0.4) is 0 Å². The second-order valence-corrected chi connectivity index (χ2v) is 5.25. The third kappa shape index (κ3) is 17.5. The van der Waals surface area contributed by atoms with Crippen molar-refractivity contribution in [2.24, 2.45) is 0 Å². The van der Waals surface area contributed by atoms with E-state index in [1.54, 1.807) is 0 Å². The van der Waals surface area contributed by atoms with E-state index in [0.29, 0.717) is 0 Å². The zero-order valence-corrected chi connectivity index (χ0v) is 13.4. The zero-order chi connectivity index (χ0) is 14.0. The number of hydrogen-bond donors (Lipinski definition) is 0. The van der Waals surface area contributed by atoms with Gasteiger partial charge >= 0.3 is 28.0 Å². The predicted octanol–water partition coefficient (Wildman–Crippen LogP) is 6.32. The Bertz CT molecular complexity index is 215. The molecule has 0 aliphatic heterocycles. The summed E-state index contributed by atoms with van der Waals surface area (Å²) in [7, 11) is 0. The van der Waals surface area contributed by atoms with Gasteiger partial charge in [0.25, 0.3) is 0 Å². The molecule has 2 aliphatic rings. The van der Waals surface area contributed by atoms with Crippen molar-refractivity contribution >= 4 is 0 Å². The van der Waals surface area contributed by atoms with Gasteiger partial charge in [-0.15, -0.1) is 0 Å². The van der Waals surface area contributed by atoms with E-state index in [1.807, 2.05) is 6.92 Å². The van der Waals surface area contributed by atoms with E-state index >= 15 is 0 Å². The first kappa shape index (κ1) is 18.5. The first-order chi connectivity index (χ1) is 9.41. The molecule has 0 saturated heterocycles. The molecule has 1 heteroatoms. The van der Waals surface area contributed by atoms with Crippen LogP contribution in [0.1, 0.15) is 58.3 Å². The summed E-state index contributed by atoms with van der Waals surface area (Å²) in [5, 5.41) is 0.938. The number of allylic oxidation sites excluding steroid dienone is 8. The molecule has 2 rings (SSSR count). The summed E-state index contributed by atoms with van der Waals surface area (Å²) in [6.07, 6.45) is 28.0. The van der Waals surface area contributed by atoms with E-state index in [-0.39, 0.29) is 0 Å². The molecule has 0 aromatic carbocycles. The first-order valence-electron chi connectivity index (χ1n) is 7.58. The van der Waals surface area contributed by atoms with E-state index in [2.05, 4.69) is 64.3 Å². The van der Waals surface area contributed by atoms with Crippen molar-refractivity contribution in [1.82, 2.24) is 0 Å². The fourth-order valence-electron chi connectivity index (χ4n) is 1.75. The summed E-state index contributed by atoms with van der Waals surface area (Å²) >= 11 is 3.83. The Kier molecular flexibility index (Phi) is 17.0. The van der Waals surface area contributed by atoms with Gasteiger partial charge < -0.3 is 0 Å². The van der Waals surface area contributed by atoms with Crippen LogP contribution in [0.2, 0.25) is 5.36 Å². The normalized spacial score (nSPS) is 24.6. The summed E-state index contributed by atoms with van der Waals surface area (Å²) in [6.45, 7) is 1.99. The van der Waals surface area contributed by atoms with Crippen LogP contribution in [0.15, 0.2) is 48.6 Å². The molecule has 2 aliphatic carbocycles. The summed E-state index contributed by atoms with van der Waals surface area (Å²) in [6, 6.07) is 0. The molecule has 0 nitrogen and oxygen atoms in total. The van der Waals surface area contributed by atoms with Crippen LogP contribution in [0.5, 0.6) is 0 Å². The van der Waals surface area contributed by atoms with Crippen LogP contribution in [-0.4, -0.2) is 0 Å². The topological polar surface area (TPSA) is 0 Å². The SMILES string of the molecule is C1=C\CCCC\C=C/1.C1=C\CCCC\C=C/1.C[CH2][Co]. The van der Waals surface area contributed by atoms with E-state index in [4.69, 9.17) is 0 Å². The van der Waals surface area contributed by atoms with Gasteiger partial charge in [0.15, 0.2) is 0 Å². The number of hydrogen-bond acceptors (Lipinski definition) is 0. The molecule has 0 saturated carbocycles. The van der Waals surface area contributed by atoms with Crippen LogP contribution >= 0.6 is 0 Å². The second-order valence-electron chi connectivity index (χ2n) is 4.52. The molecule has 0 atom stereocenters. The zero-order valence-electron chi connectivity index (χ0n) is 12.3. The minimum atomic E-state index is 0.938. The fourth-order valence-corrected chi connectivity index (χ4v) is 1.75.